The lowest BCUT2D eigenvalue weighted by molar-refractivity contribution is -0.135. The van der Waals surface area contributed by atoms with Crippen molar-refractivity contribution in [3.8, 4) is 0 Å². The summed E-state index contributed by atoms with van der Waals surface area (Å²) in [6, 6.07) is 13.6. The number of rotatable bonds is 6. The highest BCUT2D eigenvalue weighted by Gasteiger charge is 2.30. The smallest absolute Gasteiger partial charge is 0.251 e. The molecule has 1 atom stereocenters. The van der Waals surface area contributed by atoms with Crippen molar-refractivity contribution in [1.82, 2.24) is 10.2 Å². The zero-order chi connectivity index (χ0) is 23.3. The number of hydrogen-bond acceptors (Lipinski definition) is 5. The van der Waals surface area contributed by atoms with Gasteiger partial charge in [0.2, 0.25) is 21.8 Å². The van der Waals surface area contributed by atoms with Gasteiger partial charge in [0.15, 0.2) is 0 Å². The minimum atomic E-state index is -3.79. The Morgan fingerprint density at radius 1 is 1.00 bits per heavy atom. The fraction of sp³-hybridized carbons (Fsp3) is 0.318. The standard InChI is InChI=1S/C22H26N4O5S/c1-15(24-20(27)16-5-3-2-4-6-16)22(29)26-13-11-17(12-14-26)21(28)25-18-7-9-19(10-8-18)32(23,30)31/h2-10,15,17H,11-14H2,1H3,(H,24,27)(H,25,28)(H2,23,30,31)/t15-/m0/s1. The lowest BCUT2D eigenvalue weighted by atomic mass is 9.95. The molecule has 0 radical (unpaired) electrons. The highest BCUT2D eigenvalue weighted by molar-refractivity contribution is 7.89. The number of anilines is 1. The minimum absolute atomic E-state index is 0.0317. The number of hydrogen-bond donors (Lipinski definition) is 3. The van der Waals surface area contributed by atoms with Crippen molar-refractivity contribution in [1.29, 1.82) is 0 Å². The minimum Gasteiger partial charge on any atom is -0.341 e. The number of nitrogens with two attached hydrogens (primary N) is 1. The number of nitrogens with one attached hydrogen (secondary N) is 2. The lowest BCUT2D eigenvalue weighted by Gasteiger charge is -2.33. The first-order chi connectivity index (χ1) is 15.1. The van der Waals surface area contributed by atoms with Gasteiger partial charge in [0.05, 0.1) is 4.90 Å². The molecule has 9 nitrogen and oxygen atoms in total. The molecule has 1 saturated heterocycles. The monoisotopic (exact) mass is 458 g/mol. The van der Waals surface area contributed by atoms with Crippen LogP contribution in [-0.2, 0) is 19.6 Å². The van der Waals surface area contributed by atoms with Gasteiger partial charge in [-0.2, -0.15) is 0 Å². The summed E-state index contributed by atoms with van der Waals surface area (Å²) in [5.41, 5.74) is 0.956. The van der Waals surface area contributed by atoms with Gasteiger partial charge >= 0.3 is 0 Å². The van der Waals surface area contributed by atoms with Gasteiger partial charge in [0.1, 0.15) is 6.04 Å². The zero-order valence-corrected chi connectivity index (χ0v) is 18.5. The van der Waals surface area contributed by atoms with Gasteiger partial charge in [-0.1, -0.05) is 18.2 Å². The van der Waals surface area contributed by atoms with Crippen molar-refractivity contribution in [2.45, 2.75) is 30.7 Å². The molecule has 0 bridgehead atoms. The number of amides is 3. The third-order valence-corrected chi connectivity index (χ3v) is 6.31. The van der Waals surface area contributed by atoms with Gasteiger partial charge in [0, 0.05) is 30.3 Å². The summed E-state index contributed by atoms with van der Waals surface area (Å²) in [7, 11) is -3.79. The fourth-order valence-electron chi connectivity index (χ4n) is 3.54. The molecule has 170 valence electrons. The van der Waals surface area contributed by atoms with Crippen LogP contribution in [0.25, 0.3) is 0 Å². The molecule has 10 heteroatoms. The predicted molar refractivity (Wildman–Crippen MR) is 119 cm³/mol. The molecule has 4 N–H and O–H groups in total. The maximum atomic E-state index is 12.7. The number of primary sulfonamides is 1. The second-order valence-corrected chi connectivity index (χ2v) is 9.28. The largest absolute Gasteiger partial charge is 0.341 e. The van der Waals surface area contributed by atoms with E-state index < -0.39 is 16.1 Å². The second kappa shape index (κ2) is 9.92. The van der Waals surface area contributed by atoms with Crippen LogP contribution in [-0.4, -0.2) is 50.2 Å². The van der Waals surface area contributed by atoms with Crippen molar-refractivity contribution in [2.75, 3.05) is 18.4 Å². The van der Waals surface area contributed by atoms with Crippen molar-refractivity contribution in [2.24, 2.45) is 11.1 Å². The molecule has 0 aromatic heterocycles. The molecule has 32 heavy (non-hydrogen) atoms. The summed E-state index contributed by atoms with van der Waals surface area (Å²) in [5.74, 6) is -0.960. The van der Waals surface area contributed by atoms with Gasteiger partial charge in [0.25, 0.3) is 5.91 Å². The topological polar surface area (TPSA) is 139 Å². The van der Waals surface area contributed by atoms with E-state index >= 15 is 0 Å². The van der Waals surface area contributed by atoms with Crippen molar-refractivity contribution < 1.29 is 22.8 Å². The molecule has 0 aliphatic carbocycles. The SMILES string of the molecule is C[C@H](NC(=O)c1ccccc1)C(=O)N1CCC(C(=O)Nc2ccc(S(N)(=O)=O)cc2)CC1. The summed E-state index contributed by atoms with van der Waals surface area (Å²) in [4.78, 5) is 39.1. The summed E-state index contributed by atoms with van der Waals surface area (Å²) >= 11 is 0. The van der Waals surface area contributed by atoms with Crippen LogP contribution in [0.3, 0.4) is 0 Å². The van der Waals surface area contributed by atoms with Gasteiger partial charge < -0.3 is 15.5 Å². The molecule has 0 spiro atoms. The van der Waals surface area contributed by atoms with E-state index in [1.165, 1.54) is 24.3 Å². The molecule has 1 fully saturated rings. The average Bonchev–Trinajstić information content (AvgIpc) is 2.79. The van der Waals surface area contributed by atoms with Crippen LogP contribution in [0.2, 0.25) is 0 Å². The van der Waals surface area contributed by atoms with Crippen molar-refractivity contribution in [3.05, 3.63) is 60.2 Å². The van der Waals surface area contributed by atoms with E-state index in [2.05, 4.69) is 10.6 Å². The molecule has 2 aromatic carbocycles. The Bertz CT molecular complexity index is 1080. The van der Waals surface area contributed by atoms with Crippen LogP contribution in [0, 0.1) is 5.92 Å². The average molecular weight is 459 g/mol. The van der Waals surface area contributed by atoms with Crippen LogP contribution in [0.4, 0.5) is 5.69 Å². The number of likely N-dealkylation sites (tertiary alicyclic amines) is 1. The maximum absolute atomic E-state index is 12.7. The normalized spacial score (nSPS) is 15.6. The van der Waals surface area contributed by atoms with E-state index in [9.17, 15) is 22.8 Å². The second-order valence-electron chi connectivity index (χ2n) is 7.72. The first-order valence-corrected chi connectivity index (χ1v) is 11.8. The number of nitrogens with zero attached hydrogens (tertiary/aromatic N) is 1. The number of benzene rings is 2. The van der Waals surface area contributed by atoms with Gasteiger partial charge in [-0.3, -0.25) is 14.4 Å². The summed E-state index contributed by atoms with van der Waals surface area (Å²) < 4.78 is 22.6. The van der Waals surface area contributed by atoms with E-state index in [-0.39, 0.29) is 28.5 Å². The molecule has 2 aromatic rings. The van der Waals surface area contributed by atoms with Crippen LogP contribution < -0.4 is 15.8 Å². The number of carbonyl (C=O) groups excluding carboxylic acids is 3. The molecule has 3 rings (SSSR count). The van der Waals surface area contributed by atoms with Crippen LogP contribution in [0.5, 0.6) is 0 Å². The first-order valence-electron chi connectivity index (χ1n) is 10.2. The zero-order valence-electron chi connectivity index (χ0n) is 17.7. The van der Waals surface area contributed by atoms with E-state index in [4.69, 9.17) is 5.14 Å². The van der Waals surface area contributed by atoms with Crippen LogP contribution >= 0.6 is 0 Å². The Hall–Kier alpha value is -3.24. The summed E-state index contributed by atoms with van der Waals surface area (Å²) in [6.07, 6.45) is 0.984. The molecular formula is C22H26N4O5S. The van der Waals surface area contributed by atoms with Gasteiger partial charge in [-0.15, -0.1) is 0 Å². The van der Waals surface area contributed by atoms with Crippen LogP contribution in [0.1, 0.15) is 30.1 Å². The van der Waals surface area contributed by atoms with E-state index in [0.717, 1.165) is 0 Å². The van der Waals surface area contributed by atoms with E-state index in [0.29, 0.717) is 37.2 Å². The van der Waals surface area contributed by atoms with E-state index in [1.807, 2.05) is 6.07 Å². The molecule has 1 aliphatic heterocycles. The summed E-state index contributed by atoms with van der Waals surface area (Å²) in [6.45, 7) is 2.47. The molecule has 3 amide bonds. The van der Waals surface area contributed by atoms with Gasteiger partial charge in [-0.25, -0.2) is 13.6 Å². The Balaban J connectivity index is 1.49. The molecule has 0 unspecified atom stereocenters. The quantitative estimate of drug-likeness (QED) is 0.599. The number of sulfonamides is 1. The maximum Gasteiger partial charge on any atom is 0.251 e. The van der Waals surface area contributed by atoms with Crippen LogP contribution in [0.15, 0.2) is 59.5 Å². The molecular weight excluding hydrogens is 432 g/mol. The number of piperidine rings is 1. The molecule has 0 saturated carbocycles. The fourth-order valence-corrected chi connectivity index (χ4v) is 4.05. The van der Waals surface area contributed by atoms with Gasteiger partial charge in [-0.05, 0) is 56.2 Å². The Morgan fingerprint density at radius 2 is 1.59 bits per heavy atom. The van der Waals surface area contributed by atoms with E-state index in [1.54, 1.807) is 36.1 Å². The third kappa shape index (κ3) is 5.92. The molecule has 1 aliphatic rings. The number of carbonyl (C=O) groups is 3. The summed E-state index contributed by atoms with van der Waals surface area (Å²) in [5, 5.41) is 10.5. The Kier molecular flexibility index (Phi) is 7.26. The Labute approximate surface area is 187 Å². The predicted octanol–water partition coefficient (Wildman–Crippen LogP) is 1.33. The molecule has 1 heterocycles. The van der Waals surface area contributed by atoms with Crippen molar-refractivity contribution in [3.63, 3.8) is 0 Å². The van der Waals surface area contributed by atoms with Crippen molar-refractivity contribution >= 4 is 33.4 Å². The Morgan fingerprint density at radius 3 is 2.16 bits per heavy atom. The first kappa shape index (κ1) is 23.4. The third-order valence-electron chi connectivity index (χ3n) is 5.38. The highest BCUT2D eigenvalue weighted by atomic mass is 32.2. The lowest BCUT2D eigenvalue weighted by Crippen LogP contribution is -2.50. The highest BCUT2D eigenvalue weighted by Crippen LogP contribution is 2.21.